The summed E-state index contributed by atoms with van der Waals surface area (Å²) in [6.45, 7) is 4.34. The van der Waals surface area contributed by atoms with Crippen molar-refractivity contribution in [2.45, 2.75) is 20.4 Å². The van der Waals surface area contributed by atoms with Crippen LogP contribution in [0.3, 0.4) is 0 Å². The van der Waals surface area contributed by atoms with Gasteiger partial charge in [0.15, 0.2) is 0 Å². The maximum Gasteiger partial charge on any atom is 0.311 e. The summed E-state index contributed by atoms with van der Waals surface area (Å²) in [4.78, 5) is 14.7. The minimum Gasteiger partial charge on any atom is -0.360 e. The normalized spacial score (nSPS) is 10.2. The molecule has 19 heavy (non-hydrogen) atoms. The van der Waals surface area contributed by atoms with Crippen molar-refractivity contribution in [2.24, 2.45) is 0 Å². The quantitative estimate of drug-likeness (QED) is 0.674. The molecule has 1 aromatic heterocycles. The predicted octanol–water partition coefficient (Wildman–Crippen LogP) is 3.22. The van der Waals surface area contributed by atoms with E-state index in [1.165, 1.54) is 6.07 Å². The molecule has 5 heteroatoms. The molecule has 1 aromatic carbocycles. The summed E-state index contributed by atoms with van der Waals surface area (Å²) in [5.74, 6) is 0.313. The second-order valence-electron chi connectivity index (χ2n) is 4.36. The van der Waals surface area contributed by atoms with Gasteiger partial charge in [0.05, 0.1) is 4.92 Å². The zero-order chi connectivity index (χ0) is 13.8. The Morgan fingerprint density at radius 3 is 2.63 bits per heavy atom. The van der Waals surface area contributed by atoms with Gasteiger partial charge < -0.3 is 5.32 Å². The first kappa shape index (κ1) is 13.0. The van der Waals surface area contributed by atoms with Crippen LogP contribution in [0.1, 0.15) is 16.8 Å². The summed E-state index contributed by atoms with van der Waals surface area (Å²) in [7, 11) is 0. The molecule has 1 heterocycles. The average Bonchev–Trinajstić information content (AvgIpc) is 2.37. The van der Waals surface area contributed by atoms with Crippen LogP contribution in [0.15, 0.2) is 36.4 Å². The standard InChI is InChI=1S/C14H15N3O2/c1-10-5-3-4-6-12(10)9-15-14-13(17(18)19)8-7-11(2)16-14/h3-8H,9H2,1-2H3,(H,15,16). The Morgan fingerprint density at radius 1 is 1.21 bits per heavy atom. The summed E-state index contributed by atoms with van der Waals surface area (Å²) < 4.78 is 0. The van der Waals surface area contributed by atoms with Gasteiger partial charge in [-0.3, -0.25) is 10.1 Å². The van der Waals surface area contributed by atoms with E-state index < -0.39 is 4.92 Å². The number of benzene rings is 1. The Morgan fingerprint density at radius 2 is 1.95 bits per heavy atom. The van der Waals surface area contributed by atoms with E-state index >= 15 is 0 Å². The number of aryl methyl sites for hydroxylation is 2. The largest absolute Gasteiger partial charge is 0.360 e. The Bertz CT molecular complexity index is 611. The molecule has 0 amide bonds. The minimum absolute atomic E-state index is 0.000755. The van der Waals surface area contributed by atoms with Crippen molar-refractivity contribution in [2.75, 3.05) is 5.32 Å². The second kappa shape index (κ2) is 5.48. The lowest BCUT2D eigenvalue weighted by Crippen LogP contribution is -2.06. The van der Waals surface area contributed by atoms with E-state index in [0.717, 1.165) is 16.8 Å². The summed E-state index contributed by atoms with van der Waals surface area (Å²) >= 11 is 0. The molecule has 0 aliphatic heterocycles. The van der Waals surface area contributed by atoms with Crippen molar-refractivity contribution >= 4 is 11.5 Å². The number of nitro groups is 1. The predicted molar refractivity (Wildman–Crippen MR) is 74.1 cm³/mol. The van der Waals surface area contributed by atoms with Crippen LogP contribution < -0.4 is 5.32 Å². The van der Waals surface area contributed by atoms with Gasteiger partial charge in [-0.2, -0.15) is 0 Å². The van der Waals surface area contributed by atoms with E-state index in [4.69, 9.17) is 0 Å². The lowest BCUT2D eigenvalue weighted by Gasteiger charge is -2.09. The van der Waals surface area contributed by atoms with E-state index in [9.17, 15) is 10.1 Å². The molecule has 0 atom stereocenters. The van der Waals surface area contributed by atoms with Crippen LogP contribution >= 0.6 is 0 Å². The lowest BCUT2D eigenvalue weighted by atomic mass is 10.1. The van der Waals surface area contributed by atoms with Crippen LogP contribution in [-0.4, -0.2) is 9.91 Å². The molecule has 2 rings (SSSR count). The van der Waals surface area contributed by atoms with Gasteiger partial charge in [-0.1, -0.05) is 24.3 Å². The smallest absolute Gasteiger partial charge is 0.311 e. The topological polar surface area (TPSA) is 68.1 Å². The maximum absolute atomic E-state index is 10.9. The number of hydrogen-bond acceptors (Lipinski definition) is 4. The summed E-state index contributed by atoms with van der Waals surface area (Å²) in [6.07, 6.45) is 0. The van der Waals surface area contributed by atoms with Crippen LogP contribution in [0.25, 0.3) is 0 Å². The van der Waals surface area contributed by atoms with Gasteiger partial charge in [0.2, 0.25) is 5.82 Å². The highest BCUT2D eigenvalue weighted by atomic mass is 16.6. The third-order valence-electron chi connectivity index (χ3n) is 2.92. The fraction of sp³-hybridized carbons (Fsp3) is 0.214. The number of nitrogens with one attached hydrogen (secondary N) is 1. The van der Waals surface area contributed by atoms with Crippen LogP contribution in [-0.2, 0) is 6.54 Å². The third kappa shape index (κ3) is 3.07. The number of pyridine rings is 1. The molecular weight excluding hydrogens is 242 g/mol. The number of rotatable bonds is 4. The van der Waals surface area contributed by atoms with Gasteiger partial charge in [0.1, 0.15) is 0 Å². The van der Waals surface area contributed by atoms with Gasteiger partial charge in [0, 0.05) is 18.3 Å². The molecule has 98 valence electrons. The highest BCUT2D eigenvalue weighted by Crippen LogP contribution is 2.22. The molecule has 1 N–H and O–H groups in total. The van der Waals surface area contributed by atoms with Crippen LogP contribution in [0, 0.1) is 24.0 Å². The number of anilines is 1. The minimum atomic E-state index is -0.424. The van der Waals surface area contributed by atoms with Crippen molar-refractivity contribution in [1.29, 1.82) is 0 Å². The van der Waals surface area contributed by atoms with Crippen molar-refractivity contribution in [3.63, 3.8) is 0 Å². The van der Waals surface area contributed by atoms with E-state index in [0.29, 0.717) is 12.4 Å². The van der Waals surface area contributed by atoms with Crippen LogP contribution in [0.4, 0.5) is 11.5 Å². The lowest BCUT2D eigenvalue weighted by molar-refractivity contribution is -0.384. The van der Waals surface area contributed by atoms with Crippen LogP contribution in [0.2, 0.25) is 0 Å². The van der Waals surface area contributed by atoms with Crippen molar-refractivity contribution < 1.29 is 4.92 Å². The molecule has 2 aromatic rings. The SMILES string of the molecule is Cc1ccc([N+](=O)[O-])c(NCc2ccccc2C)n1. The fourth-order valence-corrected chi connectivity index (χ4v) is 1.81. The average molecular weight is 257 g/mol. The van der Waals surface area contributed by atoms with Gasteiger partial charge in [-0.15, -0.1) is 0 Å². The highest BCUT2D eigenvalue weighted by molar-refractivity contribution is 5.56. The molecule has 0 spiro atoms. The molecule has 0 aliphatic carbocycles. The molecular formula is C14H15N3O2. The monoisotopic (exact) mass is 257 g/mol. The van der Waals surface area contributed by atoms with E-state index in [2.05, 4.69) is 10.3 Å². The molecule has 5 nitrogen and oxygen atoms in total. The first-order chi connectivity index (χ1) is 9.08. The second-order valence-corrected chi connectivity index (χ2v) is 4.36. The molecule has 0 bridgehead atoms. The molecule has 0 radical (unpaired) electrons. The zero-order valence-corrected chi connectivity index (χ0v) is 10.9. The summed E-state index contributed by atoms with van der Waals surface area (Å²) in [5, 5.41) is 14.0. The number of nitrogens with zero attached hydrogens (tertiary/aromatic N) is 2. The van der Waals surface area contributed by atoms with Gasteiger partial charge in [0.25, 0.3) is 0 Å². The van der Waals surface area contributed by atoms with Crippen molar-refractivity contribution in [3.05, 3.63) is 63.3 Å². The Kier molecular flexibility index (Phi) is 3.75. The van der Waals surface area contributed by atoms with Gasteiger partial charge >= 0.3 is 5.69 Å². The van der Waals surface area contributed by atoms with E-state index in [1.54, 1.807) is 6.07 Å². The van der Waals surface area contributed by atoms with E-state index in [-0.39, 0.29) is 5.69 Å². The number of hydrogen-bond donors (Lipinski definition) is 1. The van der Waals surface area contributed by atoms with Crippen molar-refractivity contribution in [3.8, 4) is 0 Å². The van der Waals surface area contributed by atoms with Gasteiger partial charge in [-0.25, -0.2) is 4.98 Å². The summed E-state index contributed by atoms with van der Waals surface area (Å²) in [5.41, 5.74) is 2.99. The van der Waals surface area contributed by atoms with Crippen LogP contribution in [0.5, 0.6) is 0 Å². The van der Waals surface area contributed by atoms with E-state index in [1.807, 2.05) is 38.1 Å². The summed E-state index contributed by atoms with van der Waals surface area (Å²) in [6, 6.07) is 11.0. The first-order valence-corrected chi connectivity index (χ1v) is 5.98. The third-order valence-corrected chi connectivity index (χ3v) is 2.92. The molecule has 0 unspecified atom stereocenters. The zero-order valence-electron chi connectivity index (χ0n) is 10.9. The molecule has 0 saturated heterocycles. The van der Waals surface area contributed by atoms with Crippen molar-refractivity contribution in [1.82, 2.24) is 4.98 Å². The maximum atomic E-state index is 10.9. The first-order valence-electron chi connectivity index (χ1n) is 5.98. The molecule has 0 aliphatic rings. The fourth-order valence-electron chi connectivity index (χ4n) is 1.81. The molecule has 0 fully saturated rings. The Hall–Kier alpha value is -2.43. The Balaban J connectivity index is 2.22. The Labute approximate surface area is 111 Å². The highest BCUT2D eigenvalue weighted by Gasteiger charge is 2.14. The number of aromatic nitrogens is 1. The molecule has 0 saturated carbocycles. The van der Waals surface area contributed by atoms with Gasteiger partial charge in [-0.05, 0) is 31.0 Å².